The Kier molecular flexibility index (Phi) is 3.82. The van der Waals surface area contributed by atoms with Gasteiger partial charge in [0, 0.05) is 6.07 Å². The van der Waals surface area contributed by atoms with Crippen LogP contribution < -0.4 is 5.32 Å². The fourth-order valence-corrected chi connectivity index (χ4v) is 2.88. The molecule has 1 aliphatic rings. The van der Waals surface area contributed by atoms with E-state index in [4.69, 9.17) is 4.74 Å². The van der Waals surface area contributed by atoms with Crippen LogP contribution in [0.1, 0.15) is 34.1 Å². The van der Waals surface area contributed by atoms with Crippen LogP contribution in [0.2, 0.25) is 0 Å². The Hall–Kier alpha value is -2.22. The molecule has 1 saturated heterocycles. The number of anilines is 1. The van der Waals surface area contributed by atoms with Gasteiger partial charge < -0.3 is 10.1 Å². The standard InChI is InChI=1S/C14H19N3O5/c1-13(2)8-12(14(3,4)22-13)15-10-6-5-9(16(18)19)7-11(10)17(20)21/h5-7,12,15H,8H2,1-4H3. The summed E-state index contributed by atoms with van der Waals surface area (Å²) in [5, 5.41) is 25.0. The number of nitro benzene ring substituents is 2. The Bertz CT molecular complexity index is 627. The average molecular weight is 309 g/mol. The molecule has 22 heavy (non-hydrogen) atoms. The van der Waals surface area contributed by atoms with E-state index in [9.17, 15) is 20.2 Å². The Labute approximate surface area is 127 Å². The first-order valence-electron chi connectivity index (χ1n) is 6.91. The van der Waals surface area contributed by atoms with Crippen LogP contribution in [0.5, 0.6) is 0 Å². The molecule has 0 aliphatic carbocycles. The summed E-state index contributed by atoms with van der Waals surface area (Å²) in [6.07, 6.45) is 0.675. The molecule has 1 heterocycles. The molecule has 0 bridgehead atoms. The number of nitrogens with zero attached hydrogens (tertiary/aromatic N) is 2. The highest BCUT2D eigenvalue weighted by Gasteiger charge is 2.46. The maximum absolute atomic E-state index is 11.2. The molecular formula is C14H19N3O5. The molecule has 0 radical (unpaired) electrons. The molecule has 0 aromatic heterocycles. The average Bonchev–Trinajstić information content (AvgIpc) is 2.56. The number of ether oxygens (including phenoxy) is 1. The van der Waals surface area contributed by atoms with Crippen molar-refractivity contribution >= 4 is 17.1 Å². The van der Waals surface area contributed by atoms with Gasteiger partial charge in [-0.1, -0.05) is 0 Å². The molecule has 2 rings (SSSR count). The third-order valence-corrected chi connectivity index (χ3v) is 3.79. The predicted octanol–water partition coefficient (Wildman–Crippen LogP) is 3.26. The molecule has 8 nitrogen and oxygen atoms in total. The summed E-state index contributed by atoms with van der Waals surface area (Å²) in [7, 11) is 0. The Morgan fingerprint density at radius 3 is 2.27 bits per heavy atom. The minimum atomic E-state index is -0.650. The highest BCUT2D eigenvalue weighted by Crippen LogP contribution is 2.40. The fraction of sp³-hybridized carbons (Fsp3) is 0.571. The molecule has 1 aromatic rings. The van der Waals surface area contributed by atoms with Gasteiger partial charge in [0.2, 0.25) is 0 Å². The van der Waals surface area contributed by atoms with Gasteiger partial charge in [-0.3, -0.25) is 20.2 Å². The van der Waals surface area contributed by atoms with E-state index in [1.807, 2.05) is 27.7 Å². The van der Waals surface area contributed by atoms with E-state index >= 15 is 0 Å². The maximum Gasteiger partial charge on any atom is 0.299 e. The lowest BCUT2D eigenvalue weighted by atomic mass is 9.94. The van der Waals surface area contributed by atoms with Gasteiger partial charge in [-0.25, -0.2) is 0 Å². The van der Waals surface area contributed by atoms with Crippen molar-refractivity contribution in [3.63, 3.8) is 0 Å². The van der Waals surface area contributed by atoms with Crippen molar-refractivity contribution in [2.45, 2.75) is 51.4 Å². The first kappa shape index (κ1) is 16.2. The largest absolute Gasteiger partial charge is 0.374 e. The topological polar surface area (TPSA) is 108 Å². The van der Waals surface area contributed by atoms with Crippen molar-refractivity contribution in [1.29, 1.82) is 0 Å². The Morgan fingerprint density at radius 1 is 1.18 bits per heavy atom. The lowest BCUT2D eigenvalue weighted by Crippen LogP contribution is -2.38. The van der Waals surface area contributed by atoms with E-state index in [1.165, 1.54) is 12.1 Å². The number of benzene rings is 1. The van der Waals surface area contributed by atoms with Gasteiger partial charge in [-0.2, -0.15) is 0 Å². The van der Waals surface area contributed by atoms with Crippen LogP contribution in [0.4, 0.5) is 17.1 Å². The molecule has 1 aliphatic heterocycles. The molecule has 8 heteroatoms. The van der Waals surface area contributed by atoms with Crippen molar-refractivity contribution in [1.82, 2.24) is 0 Å². The number of nitrogens with one attached hydrogen (secondary N) is 1. The lowest BCUT2D eigenvalue weighted by molar-refractivity contribution is -0.393. The summed E-state index contributed by atoms with van der Waals surface area (Å²) in [6, 6.07) is 3.46. The summed E-state index contributed by atoms with van der Waals surface area (Å²) in [4.78, 5) is 20.7. The normalized spacial score (nSPS) is 22.3. The second-order valence-corrected chi connectivity index (χ2v) is 6.58. The SMILES string of the molecule is CC1(C)CC(Nc2ccc([N+](=O)[O-])cc2[N+](=O)[O-])C(C)(C)O1. The highest BCUT2D eigenvalue weighted by atomic mass is 16.6. The molecule has 120 valence electrons. The van der Waals surface area contributed by atoms with E-state index in [-0.39, 0.29) is 28.7 Å². The second-order valence-electron chi connectivity index (χ2n) is 6.58. The smallest absolute Gasteiger partial charge is 0.299 e. The van der Waals surface area contributed by atoms with Crippen molar-refractivity contribution in [3.8, 4) is 0 Å². The molecule has 1 N–H and O–H groups in total. The number of hydrogen-bond acceptors (Lipinski definition) is 6. The van der Waals surface area contributed by atoms with E-state index < -0.39 is 15.4 Å². The summed E-state index contributed by atoms with van der Waals surface area (Å²) >= 11 is 0. The van der Waals surface area contributed by atoms with Crippen LogP contribution in [0.25, 0.3) is 0 Å². The van der Waals surface area contributed by atoms with Gasteiger partial charge in [0.1, 0.15) is 5.69 Å². The van der Waals surface area contributed by atoms with Crippen molar-refractivity contribution in [2.24, 2.45) is 0 Å². The summed E-state index contributed by atoms with van der Waals surface area (Å²) in [5.74, 6) is 0. The number of hydrogen-bond donors (Lipinski definition) is 1. The zero-order chi connectivity index (χ0) is 16.7. The van der Waals surface area contributed by atoms with Gasteiger partial charge in [0.25, 0.3) is 11.4 Å². The molecule has 0 saturated carbocycles. The third kappa shape index (κ3) is 3.16. The van der Waals surface area contributed by atoms with Gasteiger partial charge in [-0.05, 0) is 40.2 Å². The minimum Gasteiger partial charge on any atom is -0.374 e. The van der Waals surface area contributed by atoms with Gasteiger partial charge in [0.15, 0.2) is 0 Å². The van der Waals surface area contributed by atoms with E-state index in [0.29, 0.717) is 6.42 Å². The second kappa shape index (κ2) is 5.20. The highest BCUT2D eigenvalue weighted by molar-refractivity contribution is 5.66. The van der Waals surface area contributed by atoms with Gasteiger partial charge >= 0.3 is 0 Å². The summed E-state index contributed by atoms with van der Waals surface area (Å²) in [5.41, 5.74) is -1.19. The molecular weight excluding hydrogens is 290 g/mol. The molecule has 1 unspecified atom stereocenters. The van der Waals surface area contributed by atoms with Crippen molar-refractivity contribution in [3.05, 3.63) is 38.4 Å². The third-order valence-electron chi connectivity index (χ3n) is 3.79. The number of rotatable bonds is 4. The number of non-ortho nitro benzene ring substituents is 1. The van der Waals surface area contributed by atoms with E-state index in [2.05, 4.69) is 5.32 Å². The lowest BCUT2D eigenvalue weighted by Gasteiger charge is -2.28. The quantitative estimate of drug-likeness (QED) is 0.675. The minimum absolute atomic E-state index is 0.136. The Morgan fingerprint density at radius 2 is 1.82 bits per heavy atom. The molecule has 1 fully saturated rings. The zero-order valence-electron chi connectivity index (χ0n) is 13.0. The van der Waals surface area contributed by atoms with E-state index in [0.717, 1.165) is 6.07 Å². The van der Waals surface area contributed by atoms with Crippen LogP contribution in [0, 0.1) is 20.2 Å². The van der Waals surface area contributed by atoms with Crippen molar-refractivity contribution in [2.75, 3.05) is 5.32 Å². The first-order valence-corrected chi connectivity index (χ1v) is 6.91. The van der Waals surface area contributed by atoms with Crippen LogP contribution in [-0.2, 0) is 4.74 Å². The molecule has 1 atom stereocenters. The van der Waals surface area contributed by atoms with Crippen molar-refractivity contribution < 1.29 is 14.6 Å². The van der Waals surface area contributed by atoms with Crippen LogP contribution in [-0.4, -0.2) is 27.1 Å². The van der Waals surface area contributed by atoms with Gasteiger partial charge in [-0.15, -0.1) is 0 Å². The van der Waals surface area contributed by atoms with Crippen LogP contribution >= 0.6 is 0 Å². The fourth-order valence-electron chi connectivity index (χ4n) is 2.88. The molecule has 0 spiro atoms. The monoisotopic (exact) mass is 309 g/mol. The van der Waals surface area contributed by atoms with Crippen LogP contribution in [0.15, 0.2) is 18.2 Å². The van der Waals surface area contributed by atoms with E-state index in [1.54, 1.807) is 0 Å². The van der Waals surface area contributed by atoms with Gasteiger partial charge in [0.05, 0.1) is 33.2 Å². The summed E-state index contributed by atoms with van der Waals surface area (Å²) < 4.78 is 5.94. The summed E-state index contributed by atoms with van der Waals surface area (Å²) in [6.45, 7) is 7.74. The zero-order valence-corrected chi connectivity index (χ0v) is 13.0. The predicted molar refractivity (Wildman–Crippen MR) is 81.0 cm³/mol. The van der Waals surface area contributed by atoms with Crippen LogP contribution in [0.3, 0.4) is 0 Å². The maximum atomic E-state index is 11.2. The number of nitro groups is 2. The first-order chi connectivity index (χ1) is 10.0. The Balaban J connectivity index is 2.34. The molecule has 1 aromatic carbocycles. The molecule has 0 amide bonds.